The van der Waals surface area contributed by atoms with Crippen molar-refractivity contribution in [3.05, 3.63) is 63.7 Å². The van der Waals surface area contributed by atoms with E-state index in [-0.39, 0.29) is 17.1 Å². The number of allylic oxidation sites excluding steroid dienone is 2. The van der Waals surface area contributed by atoms with Crippen LogP contribution >= 0.6 is 23.5 Å². The SMILES string of the molecule is CSC1=C2C(=O)C(c3ccccc3)=C3C=CC[C@H]([C@H](C#N)S1)N32. The Morgan fingerprint density at radius 3 is 2.83 bits per heavy atom. The highest BCUT2D eigenvalue weighted by molar-refractivity contribution is 8.22. The van der Waals surface area contributed by atoms with Crippen LogP contribution in [0.3, 0.4) is 0 Å². The molecule has 23 heavy (non-hydrogen) atoms. The van der Waals surface area contributed by atoms with Crippen LogP contribution in [-0.4, -0.2) is 28.2 Å². The molecule has 0 amide bonds. The van der Waals surface area contributed by atoms with E-state index < -0.39 is 0 Å². The summed E-state index contributed by atoms with van der Waals surface area (Å²) in [7, 11) is 0. The molecule has 0 saturated carbocycles. The van der Waals surface area contributed by atoms with E-state index >= 15 is 0 Å². The lowest BCUT2D eigenvalue weighted by atomic mass is 9.99. The van der Waals surface area contributed by atoms with Crippen molar-refractivity contribution >= 4 is 34.9 Å². The molecule has 1 aromatic carbocycles. The van der Waals surface area contributed by atoms with Gasteiger partial charge in [-0.2, -0.15) is 5.26 Å². The van der Waals surface area contributed by atoms with E-state index in [1.807, 2.05) is 42.7 Å². The van der Waals surface area contributed by atoms with E-state index in [0.29, 0.717) is 0 Å². The number of carbonyl (C=O) groups excluding carboxylic acids is 1. The molecular formula is C18H14N2OS2. The standard InChI is InChI=1S/C18H14N2OS2/c1-22-18-16-17(21)15(11-6-3-2-4-7-11)13-9-5-8-12(20(13)16)14(10-19)23-18/h2-7,9,12,14H,8H2,1H3/t12-,14+/m1/s1. The molecular weight excluding hydrogens is 324 g/mol. The zero-order valence-electron chi connectivity index (χ0n) is 12.5. The molecule has 3 aliphatic rings. The van der Waals surface area contributed by atoms with Crippen LogP contribution in [0.25, 0.3) is 5.57 Å². The maximum atomic E-state index is 13.1. The second-order valence-electron chi connectivity index (χ2n) is 5.54. The van der Waals surface area contributed by atoms with Gasteiger partial charge in [0.2, 0.25) is 5.78 Å². The Morgan fingerprint density at radius 1 is 1.35 bits per heavy atom. The molecule has 0 aliphatic carbocycles. The first-order chi connectivity index (χ1) is 11.3. The second-order valence-corrected chi connectivity index (χ2v) is 7.77. The van der Waals surface area contributed by atoms with Gasteiger partial charge in [0.1, 0.15) is 10.9 Å². The van der Waals surface area contributed by atoms with Crippen molar-refractivity contribution in [1.29, 1.82) is 5.26 Å². The quantitative estimate of drug-likeness (QED) is 0.821. The Morgan fingerprint density at radius 2 is 2.13 bits per heavy atom. The summed E-state index contributed by atoms with van der Waals surface area (Å²) in [5.74, 6) is 0.0796. The minimum Gasteiger partial charge on any atom is -0.331 e. The first-order valence-electron chi connectivity index (χ1n) is 7.41. The lowest BCUT2D eigenvalue weighted by Gasteiger charge is -2.40. The third-order valence-corrected chi connectivity index (χ3v) is 6.77. The topological polar surface area (TPSA) is 44.1 Å². The van der Waals surface area contributed by atoms with Gasteiger partial charge in [-0.3, -0.25) is 4.79 Å². The van der Waals surface area contributed by atoms with Gasteiger partial charge in [-0.05, 0) is 24.3 Å². The number of hydrogen-bond donors (Lipinski definition) is 0. The van der Waals surface area contributed by atoms with Gasteiger partial charge < -0.3 is 4.90 Å². The van der Waals surface area contributed by atoms with E-state index in [0.717, 1.165) is 33.2 Å². The summed E-state index contributed by atoms with van der Waals surface area (Å²) in [6.07, 6.45) is 6.89. The Bertz CT molecular complexity index is 817. The zero-order valence-corrected chi connectivity index (χ0v) is 14.2. The average Bonchev–Trinajstić information content (AvgIpc) is 2.90. The molecule has 5 heteroatoms. The molecule has 0 spiro atoms. The molecule has 0 unspecified atom stereocenters. The first kappa shape index (κ1) is 14.7. The monoisotopic (exact) mass is 338 g/mol. The molecule has 0 aromatic heterocycles. The molecule has 2 atom stereocenters. The highest BCUT2D eigenvalue weighted by Gasteiger charge is 2.47. The molecule has 4 rings (SSSR count). The minimum atomic E-state index is -0.149. The molecule has 0 fully saturated rings. The Kier molecular flexibility index (Phi) is 3.59. The van der Waals surface area contributed by atoms with E-state index in [9.17, 15) is 10.1 Å². The highest BCUT2D eigenvalue weighted by atomic mass is 32.2. The fraction of sp³-hybridized carbons (Fsp3) is 0.222. The number of ketones is 1. The third kappa shape index (κ3) is 2.09. The van der Waals surface area contributed by atoms with Gasteiger partial charge >= 0.3 is 0 Å². The molecule has 1 aromatic rings. The summed E-state index contributed by atoms with van der Waals surface area (Å²) < 4.78 is 0.955. The van der Waals surface area contributed by atoms with Crippen LogP contribution in [0.5, 0.6) is 0 Å². The zero-order chi connectivity index (χ0) is 16.0. The van der Waals surface area contributed by atoms with E-state index in [1.165, 1.54) is 11.8 Å². The molecule has 0 N–H and O–H groups in total. The largest absolute Gasteiger partial charge is 0.331 e. The molecule has 0 bridgehead atoms. The fourth-order valence-corrected chi connectivity index (χ4v) is 5.41. The van der Waals surface area contributed by atoms with Crippen molar-refractivity contribution in [3.63, 3.8) is 0 Å². The minimum absolute atomic E-state index is 0.0427. The summed E-state index contributed by atoms with van der Waals surface area (Å²) in [5.41, 5.74) is 3.41. The summed E-state index contributed by atoms with van der Waals surface area (Å²) in [6.45, 7) is 0. The predicted octanol–water partition coefficient (Wildman–Crippen LogP) is 3.78. The average molecular weight is 338 g/mol. The van der Waals surface area contributed by atoms with Crippen molar-refractivity contribution in [2.75, 3.05) is 6.26 Å². The van der Waals surface area contributed by atoms with Crippen molar-refractivity contribution in [2.45, 2.75) is 17.7 Å². The first-order valence-corrected chi connectivity index (χ1v) is 9.51. The molecule has 3 nitrogen and oxygen atoms in total. The molecule has 0 radical (unpaired) electrons. The highest BCUT2D eigenvalue weighted by Crippen LogP contribution is 2.51. The maximum Gasteiger partial charge on any atom is 0.213 e. The van der Waals surface area contributed by atoms with Crippen LogP contribution in [0, 0.1) is 11.3 Å². The number of thioether (sulfide) groups is 2. The van der Waals surface area contributed by atoms with Crippen LogP contribution < -0.4 is 0 Å². The van der Waals surface area contributed by atoms with E-state index in [4.69, 9.17) is 0 Å². The maximum absolute atomic E-state index is 13.1. The Labute approximate surface area is 143 Å². The number of rotatable bonds is 2. The molecule has 3 aliphatic heterocycles. The summed E-state index contributed by atoms with van der Waals surface area (Å²) in [6, 6.07) is 12.3. The Balaban J connectivity index is 1.96. The van der Waals surface area contributed by atoms with Crippen molar-refractivity contribution < 1.29 is 4.79 Å². The summed E-state index contributed by atoms with van der Waals surface area (Å²) >= 11 is 3.10. The smallest absolute Gasteiger partial charge is 0.213 e. The number of benzene rings is 1. The van der Waals surface area contributed by atoms with Crippen molar-refractivity contribution in [1.82, 2.24) is 4.90 Å². The number of nitrogens with zero attached hydrogens (tertiary/aromatic N) is 2. The van der Waals surface area contributed by atoms with Gasteiger partial charge in [-0.15, -0.1) is 11.8 Å². The van der Waals surface area contributed by atoms with Crippen LogP contribution in [-0.2, 0) is 4.79 Å². The third-order valence-electron chi connectivity index (χ3n) is 4.34. The molecule has 114 valence electrons. The van der Waals surface area contributed by atoms with Gasteiger partial charge in [-0.1, -0.05) is 48.2 Å². The number of Topliss-reactive ketones (excluding diaryl/α,β-unsaturated/α-hetero) is 1. The number of carbonyl (C=O) groups is 1. The van der Waals surface area contributed by atoms with Crippen molar-refractivity contribution in [2.24, 2.45) is 0 Å². The summed E-state index contributed by atoms with van der Waals surface area (Å²) in [4.78, 5) is 15.3. The van der Waals surface area contributed by atoms with E-state index in [2.05, 4.69) is 17.0 Å². The number of hydrogen-bond acceptors (Lipinski definition) is 5. The van der Waals surface area contributed by atoms with Gasteiger partial charge in [0.15, 0.2) is 0 Å². The van der Waals surface area contributed by atoms with E-state index in [1.54, 1.807) is 11.8 Å². The fourth-order valence-electron chi connectivity index (χ4n) is 3.36. The van der Waals surface area contributed by atoms with Gasteiger partial charge in [-0.25, -0.2) is 0 Å². The van der Waals surface area contributed by atoms with Gasteiger partial charge in [0.05, 0.1) is 27.6 Å². The van der Waals surface area contributed by atoms with Crippen LogP contribution in [0.4, 0.5) is 0 Å². The van der Waals surface area contributed by atoms with Crippen molar-refractivity contribution in [3.8, 4) is 6.07 Å². The Hall–Kier alpha value is -1.90. The number of nitriles is 1. The normalized spacial score (nSPS) is 25.7. The lowest BCUT2D eigenvalue weighted by molar-refractivity contribution is -0.111. The molecule has 3 heterocycles. The summed E-state index contributed by atoms with van der Waals surface area (Å²) in [5, 5.41) is 9.38. The van der Waals surface area contributed by atoms with Crippen LogP contribution in [0.1, 0.15) is 12.0 Å². The lowest BCUT2D eigenvalue weighted by Crippen LogP contribution is -2.43. The molecule has 0 saturated heterocycles. The van der Waals surface area contributed by atoms with Crippen LogP contribution in [0.15, 0.2) is 58.1 Å². The van der Waals surface area contributed by atoms with Crippen LogP contribution in [0.2, 0.25) is 0 Å². The predicted molar refractivity (Wildman–Crippen MR) is 95.3 cm³/mol. The second kappa shape index (κ2) is 5.63. The van der Waals surface area contributed by atoms with Gasteiger partial charge in [0, 0.05) is 0 Å². The van der Waals surface area contributed by atoms with Gasteiger partial charge in [0.25, 0.3) is 0 Å².